The van der Waals surface area contributed by atoms with E-state index >= 15 is 0 Å². The maximum Gasteiger partial charge on any atom is 0.257 e. The van der Waals surface area contributed by atoms with E-state index in [1.807, 2.05) is 55.5 Å². The molecule has 0 fully saturated rings. The average Bonchev–Trinajstić information content (AvgIpc) is 2.69. The van der Waals surface area contributed by atoms with Gasteiger partial charge in [-0.15, -0.1) is 0 Å². The quantitative estimate of drug-likeness (QED) is 0.605. The number of carbonyl (C=O) groups excluding carboxylic acids is 1. The number of hydrogen-bond acceptors (Lipinski definition) is 4. The van der Waals surface area contributed by atoms with Gasteiger partial charge in [-0.1, -0.05) is 30.3 Å². The molecular formula is C21H16N4O. The number of aryl methyl sites for hydroxylation is 1. The van der Waals surface area contributed by atoms with Crippen molar-refractivity contribution in [2.45, 2.75) is 6.92 Å². The number of nitrogens with zero attached hydrogens (tertiary/aromatic N) is 3. The summed E-state index contributed by atoms with van der Waals surface area (Å²) in [5, 5.41) is 3.65. The van der Waals surface area contributed by atoms with Crippen molar-refractivity contribution in [3.63, 3.8) is 0 Å². The summed E-state index contributed by atoms with van der Waals surface area (Å²) in [6.45, 7) is 1.95. The molecule has 3 aromatic heterocycles. The van der Waals surface area contributed by atoms with Crippen LogP contribution in [0.4, 0.5) is 5.82 Å². The van der Waals surface area contributed by atoms with Crippen molar-refractivity contribution >= 4 is 22.6 Å². The molecule has 126 valence electrons. The van der Waals surface area contributed by atoms with Crippen molar-refractivity contribution in [2.24, 2.45) is 0 Å². The summed E-state index contributed by atoms with van der Waals surface area (Å²) in [5.74, 6) is 0.290. The Morgan fingerprint density at radius 3 is 2.54 bits per heavy atom. The molecule has 1 N–H and O–H groups in total. The minimum atomic E-state index is -0.225. The lowest BCUT2D eigenvalue weighted by atomic mass is 10.1. The Morgan fingerprint density at radius 2 is 1.77 bits per heavy atom. The third kappa shape index (κ3) is 3.15. The Bertz CT molecular complexity index is 1080. The Labute approximate surface area is 150 Å². The highest BCUT2D eigenvalue weighted by atomic mass is 16.1. The molecule has 4 aromatic rings. The van der Waals surface area contributed by atoms with Gasteiger partial charge in [-0.2, -0.15) is 0 Å². The van der Waals surface area contributed by atoms with Crippen LogP contribution in [-0.4, -0.2) is 20.9 Å². The topological polar surface area (TPSA) is 67.8 Å². The van der Waals surface area contributed by atoms with E-state index in [9.17, 15) is 4.79 Å². The normalized spacial score (nSPS) is 10.7. The fourth-order valence-corrected chi connectivity index (χ4v) is 2.73. The van der Waals surface area contributed by atoms with Gasteiger partial charge in [-0.05, 0) is 42.8 Å². The minimum Gasteiger partial charge on any atom is -0.307 e. The maximum absolute atomic E-state index is 12.9. The highest BCUT2D eigenvalue weighted by molar-refractivity contribution is 6.12. The van der Waals surface area contributed by atoms with E-state index in [0.29, 0.717) is 17.1 Å². The molecule has 0 aliphatic heterocycles. The summed E-state index contributed by atoms with van der Waals surface area (Å²) in [5.41, 5.74) is 3.71. The number of aromatic nitrogens is 3. The monoisotopic (exact) mass is 340 g/mol. The van der Waals surface area contributed by atoms with E-state index < -0.39 is 0 Å². The summed E-state index contributed by atoms with van der Waals surface area (Å²) in [7, 11) is 0. The molecular weight excluding hydrogens is 324 g/mol. The van der Waals surface area contributed by atoms with Crippen LogP contribution in [0.1, 0.15) is 15.9 Å². The zero-order valence-electron chi connectivity index (χ0n) is 14.2. The highest BCUT2D eigenvalue weighted by Crippen LogP contribution is 2.24. The van der Waals surface area contributed by atoms with Gasteiger partial charge >= 0.3 is 0 Å². The lowest BCUT2D eigenvalue weighted by Crippen LogP contribution is -2.14. The Kier molecular flexibility index (Phi) is 4.11. The lowest BCUT2D eigenvalue weighted by Gasteiger charge is -2.10. The number of hydrogen-bond donors (Lipinski definition) is 1. The van der Waals surface area contributed by atoms with Gasteiger partial charge < -0.3 is 5.32 Å². The molecule has 3 heterocycles. The number of amides is 1. The first-order valence-electron chi connectivity index (χ1n) is 8.26. The smallest absolute Gasteiger partial charge is 0.257 e. The molecule has 1 amide bonds. The number of anilines is 1. The predicted molar refractivity (Wildman–Crippen MR) is 102 cm³/mol. The average molecular weight is 340 g/mol. The standard InChI is InChI=1S/C21H16N4O/c1-14-9-10-20(23-13-14)25-21(26)16-12-19(18-8-4-5-11-22-18)24-17-7-3-2-6-15(16)17/h2-13H,1H3,(H,23,25,26). The summed E-state index contributed by atoms with van der Waals surface area (Å²) >= 11 is 0. The van der Waals surface area contributed by atoms with Crippen LogP contribution in [0.25, 0.3) is 22.3 Å². The summed E-state index contributed by atoms with van der Waals surface area (Å²) in [6.07, 6.45) is 3.43. The highest BCUT2D eigenvalue weighted by Gasteiger charge is 2.15. The first-order valence-corrected chi connectivity index (χ1v) is 8.26. The van der Waals surface area contributed by atoms with E-state index in [0.717, 1.165) is 22.2 Å². The van der Waals surface area contributed by atoms with E-state index in [4.69, 9.17) is 0 Å². The van der Waals surface area contributed by atoms with Gasteiger partial charge in [-0.3, -0.25) is 9.78 Å². The number of rotatable bonds is 3. The minimum absolute atomic E-state index is 0.225. The van der Waals surface area contributed by atoms with Gasteiger partial charge in [0, 0.05) is 17.8 Å². The molecule has 26 heavy (non-hydrogen) atoms. The van der Waals surface area contributed by atoms with Crippen LogP contribution in [0.3, 0.4) is 0 Å². The number of pyridine rings is 3. The first kappa shape index (κ1) is 15.9. The van der Waals surface area contributed by atoms with Crippen LogP contribution in [0, 0.1) is 6.92 Å². The van der Waals surface area contributed by atoms with Crippen molar-refractivity contribution in [1.82, 2.24) is 15.0 Å². The van der Waals surface area contributed by atoms with E-state index in [1.54, 1.807) is 24.5 Å². The number of nitrogens with one attached hydrogen (secondary N) is 1. The van der Waals surface area contributed by atoms with E-state index in [-0.39, 0.29) is 5.91 Å². The largest absolute Gasteiger partial charge is 0.307 e. The molecule has 5 heteroatoms. The van der Waals surface area contributed by atoms with Crippen LogP contribution in [0.15, 0.2) is 73.1 Å². The summed E-state index contributed by atoms with van der Waals surface area (Å²) in [4.78, 5) is 26.1. The van der Waals surface area contributed by atoms with Gasteiger partial charge in [0.25, 0.3) is 5.91 Å². The van der Waals surface area contributed by atoms with Gasteiger partial charge in [-0.25, -0.2) is 9.97 Å². The molecule has 0 radical (unpaired) electrons. The van der Waals surface area contributed by atoms with Crippen LogP contribution >= 0.6 is 0 Å². The van der Waals surface area contributed by atoms with Crippen molar-refractivity contribution in [2.75, 3.05) is 5.32 Å². The van der Waals surface area contributed by atoms with Crippen LogP contribution in [0.5, 0.6) is 0 Å². The van der Waals surface area contributed by atoms with E-state index in [2.05, 4.69) is 20.3 Å². The number of benzene rings is 1. The summed E-state index contributed by atoms with van der Waals surface area (Å²) in [6, 6.07) is 18.7. The first-order chi connectivity index (χ1) is 12.7. The molecule has 0 unspecified atom stereocenters. The van der Waals surface area contributed by atoms with Crippen molar-refractivity contribution in [3.8, 4) is 11.4 Å². The zero-order chi connectivity index (χ0) is 17.9. The molecule has 5 nitrogen and oxygen atoms in total. The maximum atomic E-state index is 12.9. The molecule has 1 aromatic carbocycles. The molecule has 0 spiro atoms. The van der Waals surface area contributed by atoms with Gasteiger partial charge in [0.05, 0.1) is 22.5 Å². The van der Waals surface area contributed by atoms with Crippen LogP contribution < -0.4 is 5.32 Å². The molecule has 0 bridgehead atoms. The fourth-order valence-electron chi connectivity index (χ4n) is 2.73. The predicted octanol–water partition coefficient (Wildman–Crippen LogP) is 4.25. The number of carbonyl (C=O) groups is 1. The van der Waals surface area contributed by atoms with Gasteiger partial charge in [0.1, 0.15) is 5.82 Å². The van der Waals surface area contributed by atoms with Crippen LogP contribution in [0.2, 0.25) is 0 Å². The van der Waals surface area contributed by atoms with Crippen molar-refractivity contribution < 1.29 is 4.79 Å². The fraction of sp³-hybridized carbons (Fsp3) is 0.0476. The number of para-hydroxylation sites is 1. The van der Waals surface area contributed by atoms with Gasteiger partial charge in [0.15, 0.2) is 0 Å². The molecule has 0 saturated carbocycles. The third-order valence-electron chi connectivity index (χ3n) is 4.04. The molecule has 0 aliphatic carbocycles. The number of fused-ring (bicyclic) bond motifs is 1. The Hall–Kier alpha value is -3.60. The molecule has 0 aliphatic rings. The summed E-state index contributed by atoms with van der Waals surface area (Å²) < 4.78 is 0. The van der Waals surface area contributed by atoms with Crippen molar-refractivity contribution in [3.05, 3.63) is 84.2 Å². The van der Waals surface area contributed by atoms with Gasteiger partial charge in [0.2, 0.25) is 0 Å². The van der Waals surface area contributed by atoms with E-state index in [1.165, 1.54) is 0 Å². The zero-order valence-corrected chi connectivity index (χ0v) is 14.2. The lowest BCUT2D eigenvalue weighted by molar-refractivity contribution is 0.102. The molecule has 0 atom stereocenters. The molecule has 4 rings (SSSR count). The molecule has 0 saturated heterocycles. The Morgan fingerprint density at radius 1 is 0.923 bits per heavy atom. The Balaban J connectivity index is 1.79. The second kappa shape index (κ2) is 6.72. The van der Waals surface area contributed by atoms with Crippen LogP contribution in [-0.2, 0) is 0 Å². The SMILES string of the molecule is Cc1ccc(NC(=O)c2cc(-c3ccccn3)nc3ccccc23)nc1. The second-order valence-electron chi connectivity index (χ2n) is 5.96. The third-order valence-corrected chi connectivity index (χ3v) is 4.04. The second-order valence-corrected chi connectivity index (χ2v) is 5.96. The van der Waals surface area contributed by atoms with Crippen molar-refractivity contribution in [1.29, 1.82) is 0 Å².